The van der Waals surface area contributed by atoms with E-state index in [9.17, 15) is 4.79 Å². The van der Waals surface area contributed by atoms with Gasteiger partial charge in [-0.05, 0) is 36.6 Å². The van der Waals surface area contributed by atoms with E-state index in [1.165, 1.54) is 12.5 Å². The van der Waals surface area contributed by atoms with Gasteiger partial charge in [-0.2, -0.15) is 5.10 Å². The highest BCUT2D eigenvalue weighted by Gasteiger charge is 2.27. The summed E-state index contributed by atoms with van der Waals surface area (Å²) in [6, 6.07) is 16.1. The molecule has 5 rings (SSSR count). The van der Waals surface area contributed by atoms with Crippen LogP contribution < -0.4 is 0 Å². The second kappa shape index (κ2) is 6.96. The van der Waals surface area contributed by atoms with Crippen molar-refractivity contribution in [2.45, 2.75) is 18.8 Å². The fourth-order valence-corrected chi connectivity index (χ4v) is 3.78. The van der Waals surface area contributed by atoms with Gasteiger partial charge in [-0.3, -0.25) is 4.79 Å². The Morgan fingerprint density at radius 1 is 1.00 bits per heavy atom. The van der Waals surface area contributed by atoms with Gasteiger partial charge < -0.3 is 9.32 Å². The van der Waals surface area contributed by atoms with Gasteiger partial charge in [-0.15, -0.1) is 0 Å². The zero-order valence-corrected chi connectivity index (χ0v) is 15.4. The molecule has 1 aliphatic heterocycles. The van der Waals surface area contributed by atoms with Crippen molar-refractivity contribution in [1.29, 1.82) is 0 Å². The third kappa shape index (κ3) is 3.07. The van der Waals surface area contributed by atoms with Crippen molar-refractivity contribution in [2.24, 2.45) is 0 Å². The van der Waals surface area contributed by atoms with Crippen molar-refractivity contribution < 1.29 is 9.21 Å². The molecule has 1 saturated heterocycles. The van der Waals surface area contributed by atoms with Gasteiger partial charge in [-0.1, -0.05) is 30.3 Å². The Kier molecular flexibility index (Phi) is 4.16. The number of carbonyl (C=O) groups is 1. The third-order valence-corrected chi connectivity index (χ3v) is 5.37. The van der Waals surface area contributed by atoms with Crippen molar-refractivity contribution in [2.75, 3.05) is 13.1 Å². The Morgan fingerprint density at radius 2 is 1.82 bits per heavy atom. The summed E-state index contributed by atoms with van der Waals surface area (Å²) in [7, 11) is 0. The first-order valence-corrected chi connectivity index (χ1v) is 9.51. The normalized spacial score (nSPS) is 15.2. The number of pyridine rings is 1. The topological polar surface area (TPSA) is 63.6 Å². The summed E-state index contributed by atoms with van der Waals surface area (Å²) >= 11 is 0. The van der Waals surface area contributed by atoms with E-state index in [0.29, 0.717) is 18.7 Å². The largest absolute Gasteiger partial charge is 0.472 e. The minimum Gasteiger partial charge on any atom is -0.472 e. The fraction of sp³-hybridized carbons (Fsp3) is 0.227. The zero-order valence-electron chi connectivity index (χ0n) is 15.4. The molecule has 6 heteroatoms. The van der Waals surface area contributed by atoms with Gasteiger partial charge in [0.05, 0.1) is 11.8 Å². The van der Waals surface area contributed by atoms with Crippen LogP contribution in [0.1, 0.15) is 34.9 Å². The van der Waals surface area contributed by atoms with Crippen molar-refractivity contribution in [3.8, 4) is 11.1 Å². The number of rotatable bonds is 3. The van der Waals surface area contributed by atoms with Crippen molar-refractivity contribution in [3.05, 3.63) is 78.6 Å². The van der Waals surface area contributed by atoms with Gasteiger partial charge in [0.25, 0.3) is 5.91 Å². The van der Waals surface area contributed by atoms with Crippen LogP contribution in [0.5, 0.6) is 0 Å². The van der Waals surface area contributed by atoms with Gasteiger partial charge in [0.1, 0.15) is 6.26 Å². The summed E-state index contributed by atoms with van der Waals surface area (Å²) < 4.78 is 6.88. The van der Waals surface area contributed by atoms with E-state index in [4.69, 9.17) is 14.5 Å². The lowest BCUT2D eigenvalue weighted by Crippen LogP contribution is -2.37. The molecule has 6 nitrogen and oxygen atoms in total. The molecule has 1 aromatic carbocycles. The summed E-state index contributed by atoms with van der Waals surface area (Å²) in [5.41, 5.74) is 3.74. The van der Waals surface area contributed by atoms with Crippen LogP contribution in [0.4, 0.5) is 0 Å². The standard InChI is InChI=1S/C22H20N4O2/c27-22(19-10-13-28-15-19)25-11-8-17(9-12-25)21-23-20-7-6-18(14-26(20)24-21)16-4-2-1-3-5-16/h1-7,10,13-15,17H,8-9,11-12H2. The maximum absolute atomic E-state index is 12.4. The van der Waals surface area contributed by atoms with Crippen LogP contribution in [0.2, 0.25) is 0 Å². The van der Waals surface area contributed by atoms with Gasteiger partial charge in [0.2, 0.25) is 0 Å². The molecule has 0 spiro atoms. The maximum Gasteiger partial charge on any atom is 0.257 e. The summed E-state index contributed by atoms with van der Waals surface area (Å²) in [6.45, 7) is 1.42. The molecule has 0 saturated carbocycles. The van der Waals surface area contributed by atoms with E-state index in [-0.39, 0.29) is 11.8 Å². The highest BCUT2D eigenvalue weighted by molar-refractivity contribution is 5.93. The number of fused-ring (bicyclic) bond motifs is 1. The van der Waals surface area contributed by atoms with Crippen molar-refractivity contribution in [3.63, 3.8) is 0 Å². The zero-order chi connectivity index (χ0) is 18.9. The number of carbonyl (C=O) groups excluding carboxylic acids is 1. The van der Waals surface area contributed by atoms with Crippen LogP contribution in [-0.2, 0) is 0 Å². The Balaban J connectivity index is 1.32. The molecule has 1 fully saturated rings. The molecule has 1 aliphatic rings. The van der Waals surface area contributed by atoms with Crippen molar-refractivity contribution in [1.82, 2.24) is 19.5 Å². The minimum absolute atomic E-state index is 0.0302. The number of piperidine rings is 1. The van der Waals surface area contributed by atoms with Crippen LogP contribution in [0, 0.1) is 0 Å². The summed E-state index contributed by atoms with van der Waals surface area (Å²) in [6.07, 6.45) is 6.80. The van der Waals surface area contributed by atoms with Crippen LogP contribution in [0.25, 0.3) is 16.8 Å². The lowest BCUT2D eigenvalue weighted by molar-refractivity contribution is 0.0710. The monoisotopic (exact) mass is 372 g/mol. The highest BCUT2D eigenvalue weighted by atomic mass is 16.3. The molecule has 4 aromatic rings. The number of amides is 1. The average Bonchev–Trinajstić information content (AvgIpc) is 3.43. The number of likely N-dealkylation sites (tertiary alicyclic amines) is 1. The predicted molar refractivity (Wildman–Crippen MR) is 105 cm³/mol. The lowest BCUT2D eigenvalue weighted by atomic mass is 9.96. The molecular weight excluding hydrogens is 352 g/mol. The highest BCUT2D eigenvalue weighted by Crippen LogP contribution is 2.27. The molecule has 1 amide bonds. The Labute approximate surface area is 162 Å². The third-order valence-electron chi connectivity index (χ3n) is 5.37. The van der Waals surface area contributed by atoms with Gasteiger partial charge in [-0.25, -0.2) is 9.50 Å². The van der Waals surface area contributed by atoms with Crippen LogP contribution in [0.15, 0.2) is 71.7 Å². The molecule has 0 bridgehead atoms. The van der Waals surface area contributed by atoms with Crippen LogP contribution >= 0.6 is 0 Å². The van der Waals surface area contributed by atoms with E-state index < -0.39 is 0 Å². The maximum atomic E-state index is 12.4. The van der Waals surface area contributed by atoms with E-state index in [2.05, 4.69) is 18.2 Å². The molecule has 0 aliphatic carbocycles. The Bertz CT molecular complexity index is 1090. The van der Waals surface area contributed by atoms with Gasteiger partial charge in [0, 0.05) is 30.8 Å². The number of aromatic nitrogens is 3. The molecule has 0 atom stereocenters. The number of hydrogen-bond acceptors (Lipinski definition) is 4. The second-order valence-electron chi connectivity index (χ2n) is 7.14. The second-order valence-corrected chi connectivity index (χ2v) is 7.14. The summed E-state index contributed by atoms with van der Waals surface area (Å²) in [5, 5.41) is 4.73. The smallest absolute Gasteiger partial charge is 0.257 e. The fourth-order valence-electron chi connectivity index (χ4n) is 3.78. The van der Waals surface area contributed by atoms with Gasteiger partial charge >= 0.3 is 0 Å². The molecular formula is C22H20N4O2. The number of hydrogen-bond donors (Lipinski definition) is 0. The Morgan fingerprint density at radius 3 is 2.57 bits per heavy atom. The summed E-state index contributed by atoms with van der Waals surface area (Å²) in [5.74, 6) is 1.16. The number of nitrogens with zero attached hydrogens (tertiary/aromatic N) is 4. The average molecular weight is 372 g/mol. The van der Waals surface area contributed by atoms with E-state index in [1.54, 1.807) is 6.07 Å². The van der Waals surface area contributed by atoms with E-state index in [0.717, 1.165) is 35.4 Å². The van der Waals surface area contributed by atoms with Crippen molar-refractivity contribution >= 4 is 11.6 Å². The molecule has 140 valence electrons. The Hall–Kier alpha value is -3.41. The first kappa shape index (κ1) is 16.7. The predicted octanol–water partition coefficient (Wildman–Crippen LogP) is 4.01. The number of furan rings is 1. The molecule has 0 N–H and O–H groups in total. The SMILES string of the molecule is O=C(c1ccoc1)N1CCC(c2nc3ccc(-c4ccccc4)cn3n2)CC1. The van der Waals surface area contributed by atoms with Gasteiger partial charge in [0.15, 0.2) is 11.5 Å². The molecule has 28 heavy (non-hydrogen) atoms. The quantitative estimate of drug-likeness (QED) is 0.545. The summed E-state index contributed by atoms with van der Waals surface area (Å²) in [4.78, 5) is 19.1. The van der Waals surface area contributed by atoms with Crippen LogP contribution in [0.3, 0.4) is 0 Å². The van der Waals surface area contributed by atoms with Crippen LogP contribution in [-0.4, -0.2) is 38.5 Å². The molecule has 3 aromatic heterocycles. The van der Waals surface area contributed by atoms with E-state index >= 15 is 0 Å². The first-order chi connectivity index (χ1) is 13.8. The lowest BCUT2D eigenvalue weighted by Gasteiger charge is -2.30. The number of benzene rings is 1. The molecule has 0 unspecified atom stereocenters. The molecule has 4 heterocycles. The first-order valence-electron chi connectivity index (χ1n) is 9.51. The van der Waals surface area contributed by atoms with E-state index in [1.807, 2.05) is 39.9 Å². The minimum atomic E-state index is 0.0302. The molecule has 0 radical (unpaired) electrons.